The van der Waals surface area contributed by atoms with Gasteiger partial charge in [-0.05, 0) is 34.5 Å². The lowest BCUT2D eigenvalue weighted by Crippen LogP contribution is -2.37. The molecule has 3 nitrogen and oxygen atoms in total. The number of amides is 1. The number of nitrogens with two attached hydrogens (primary N) is 1. The summed E-state index contributed by atoms with van der Waals surface area (Å²) in [5, 5.41) is 2.59. The van der Waals surface area contributed by atoms with Gasteiger partial charge in [-0.1, -0.05) is 13.0 Å². The standard InChI is InChI=1S/C11H14BrFN2O/c1-2-7(14)6-15-11(16)8-4-3-5-9(12)10(8)13/h3-5,7H,2,6,14H2,1H3,(H,15,16). The highest BCUT2D eigenvalue weighted by atomic mass is 79.9. The molecule has 88 valence electrons. The monoisotopic (exact) mass is 288 g/mol. The highest BCUT2D eigenvalue weighted by Crippen LogP contribution is 2.18. The first kappa shape index (κ1) is 13.1. The number of benzene rings is 1. The van der Waals surface area contributed by atoms with Crippen LogP contribution in [0.2, 0.25) is 0 Å². The van der Waals surface area contributed by atoms with Crippen LogP contribution in [-0.2, 0) is 0 Å². The third-order valence-corrected chi connectivity index (χ3v) is 2.86. The lowest BCUT2D eigenvalue weighted by molar-refractivity contribution is 0.0947. The van der Waals surface area contributed by atoms with Gasteiger partial charge in [-0.25, -0.2) is 4.39 Å². The lowest BCUT2D eigenvalue weighted by Gasteiger charge is -2.10. The van der Waals surface area contributed by atoms with Crippen LogP contribution in [0.3, 0.4) is 0 Å². The summed E-state index contributed by atoms with van der Waals surface area (Å²) in [5.74, 6) is -0.993. The molecule has 0 saturated heterocycles. The predicted molar refractivity (Wildman–Crippen MR) is 64.7 cm³/mol. The zero-order chi connectivity index (χ0) is 12.1. The minimum absolute atomic E-state index is 0.0256. The van der Waals surface area contributed by atoms with Gasteiger partial charge < -0.3 is 11.1 Å². The summed E-state index contributed by atoms with van der Waals surface area (Å²) in [6.45, 7) is 2.28. The molecule has 1 unspecified atom stereocenters. The SMILES string of the molecule is CCC(N)CNC(=O)c1cccc(Br)c1F. The second-order valence-electron chi connectivity index (χ2n) is 3.48. The fraction of sp³-hybridized carbons (Fsp3) is 0.364. The Morgan fingerprint density at radius 2 is 2.31 bits per heavy atom. The van der Waals surface area contributed by atoms with Crippen molar-refractivity contribution in [1.29, 1.82) is 0 Å². The van der Waals surface area contributed by atoms with E-state index in [1.165, 1.54) is 6.07 Å². The molecule has 0 spiro atoms. The number of rotatable bonds is 4. The first-order valence-electron chi connectivity index (χ1n) is 5.04. The zero-order valence-electron chi connectivity index (χ0n) is 8.97. The van der Waals surface area contributed by atoms with Gasteiger partial charge in [-0.15, -0.1) is 0 Å². The number of hydrogen-bond donors (Lipinski definition) is 2. The van der Waals surface area contributed by atoms with Gasteiger partial charge in [0.1, 0.15) is 5.82 Å². The Bertz CT molecular complexity index is 384. The van der Waals surface area contributed by atoms with Gasteiger partial charge in [0.25, 0.3) is 5.91 Å². The summed E-state index contributed by atoms with van der Waals surface area (Å²) >= 11 is 3.03. The smallest absolute Gasteiger partial charge is 0.254 e. The van der Waals surface area contributed by atoms with Gasteiger partial charge in [0.15, 0.2) is 0 Å². The molecule has 0 aliphatic heterocycles. The molecule has 0 fully saturated rings. The van der Waals surface area contributed by atoms with E-state index < -0.39 is 11.7 Å². The Hall–Kier alpha value is -0.940. The molecule has 0 radical (unpaired) electrons. The third-order valence-electron chi connectivity index (χ3n) is 2.25. The number of carbonyl (C=O) groups is 1. The van der Waals surface area contributed by atoms with Crippen molar-refractivity contribution in [3.8, 4) is 0 Å². The molecule has 0 aliphatic carbocycles. The molecule has 0 saturated carbocycles. The van der Waals surface area contributed by atoms with Gasteiger partial charge in [0.05, 0.1) is 10.0 Å². The Morgan fingerprint density at radius 1 is 1.62 bits per heavy atom. The molecule has 1 aromatic rings. The average molecular weight is 289 g/mol. The summed E-state index contributed by atoms with van der Waals surface area (Å²) in [6.07, 6.45) is 0.765. The van der Waals surface area contributed by atoms with E-state index in [0.29, 0.717) is 6.54 Å². The van der Waals surface area contributed by atoms with Crippen LogP contribution in [-0.4, -0.2) is 18.5 Å². The van der Waals surface area contributed by atoms with Crippen molar-refractivity contribution in [1.82, 2.24) is 5.32 Å². The van der Waals surface area contributed by atoms with Crippen molar-refractivity contribution in [2.45, 2.75) is 19.4 Å². The molecule has 1 atom stereocenters. The van der Waals surface area contributed by atoms with E-state index in [4.69, 9.17) is 5.73 Å². The Balaban J connectivity index is 2.70. The maximum absolute atomic E-state index is 13.5. The van der Waals surface area contributed by atoms with E-state index in [-0.39, 0.29) is 16.1 Å². The maximum atomic E-state index is 13.5. The van der Waals surface area contributed by atoms with Crippen molar-refractivity contribution in [2.24, 2.45) is 5.73 Å². The van der Waals surface area contributed by atoms with Crippen molar-refractivity contribution in [3.63, 3.8) is 0 Å². The third kappa shape index (κ3) is 3.28. The molecule has 1 aromatic carbocycles. The Labute approximate surface area is 102 Å². The predicted octanol–water partition coefficient (Wildman–Crippen LogP) is 2.06. The molecule has 0 bridgehead atoms. The first-order valence-corrected chi connectivity index (χ1v) is 5.83. The van der Waals surface area contributed by atoms with E-state index >= 15 is 0 Å². The van der Waals surface area contributed by atoms with E-state index in [9.17, 15) is 9.18 Å². The zero-order valence-corrected chi connectivity index (χ0v) is 10.6. The summed E-state index contributed by atoms with van der Waals surface area (Å²) in [7, 11) is 0. The van der Waals surface area contributed by atoms with Crippen LogP contribution in [0.1, 0.15) is 23.7 Å². The Morgan fingerprint density at radius 3 is 2.94 bits per heavy atom. The normalized spacial score (nSPS) is 12.2. The minimum atomic E-state index is -0.551. The van der Waals surface area contributed by atoms with Crippen LogP contribution in [0.15, 0.2) is 22.7 Å². The number of nitrogens with one attached hydrogen (secondary N) is 1. The number of hydrogen-bond acceptors (Lipinski definition) is 2. The summed E-state index contributed by atoms with van der Waals surface area (Å²) in [6, 6.07) is 4.50. The van der Waals surface area contributed by atoms with Crippen molar-refractivity contribution < 1.29 is 9.18 Å². The van der Waals surface area contributed by atoms with E-state index in [0.717, 1.165) is 6.42 Å². The summed E-state index contributed by atoms with van der Waals surface area (Å²) in [5.41, 5.74) is 5.68. The fourth-order valence-electron chi connectivity index (χ4n) is 1.14. The van der Waals surface area contributed by atoms with E-state index in [1.807, 2.05) is 6.92 Å². The molecule has 1 amide bonds. The van der Waals surface area contributed by atoms with Crippen molar-refractivity contribution >= 4 is 21.8 Å². The topological polar surface area (TPSA) is 55.1 Å². The van der Waals surface area contributed by atoms with Gasteiger partial charge in [0, 0.05) is 12.6 Å². The summed E-state index contributed by atoms with van der Waals surface area (Å²) in [4.78, 5) is 11.6. The molecule has 3 N–H and O–H groups in total. The molecular formula is C11H14BrFN2O. The number of carbonyl (C=O) groups excluding carboxylic acids is 1. The van der Waals surface area contributed by atoms with E-state index in [2.05, 4.69) is 21.2 Å². The molecule has 0 aromatic heterocycles. The molecular weight excluding hydrogens is 275 g/mol. The second kappa shape index (κ2) is 5.96. The maximum Gasteiger partial charge on any atom is 0.254 e. The van der Waals surface area contributed by atoms with Gasteiger partial charge in [0.2, 0.25) is 0 Å². The van der Waals surface area contributed by atoms with Crippen LogP contribution >= 0.6 is 15.9 Å². The van der Waals surface area contributed by atoms with Gasteiger partial charge in [-0.3, -0.25) is 4.79 Å². The largest absolute Gasteiger partial charge is 0.350 e. The Kier molecular flexibility index (Phi) is 4.89. The van der Waals surface area contributed by atoms with Crippen LogP contribution in [0, 0.1) is 5.82 Å². The summed E-state index contributed by atoms with van der Waals surface area (Å²) < 4.78 is 13.8. The lowest BCUT2D eigenvalue weighted by atomic mass is 10.2. The van der Waals surface area contributed by atoms with Gasteiger partial charge in [-0.2, -0.15) is 0 Å². The number of halogens is 2. The van der Waals surface area contributed by atoms with Crippen LogP contribution in [0.4, 0.5) is 4.39 Å². The molecule has 0 aliphatic rings. The van der Waals surface area contributed by atoms with Crippen LogP contribution < -0.4 is 11.1 Å². The first-order chi connectivity index (χ1) is 7.56. The molecule has 1 rings (SSSR count). The highest BCUT2D eigenvalue weighted by Gasteiger charge is 2.13. The van der Waals surface area contributed by atoms with Crippen LogP contribution in [0.5, 0.6) is 0 Å². The van der Waals surface area contributed by atoms with Crippen molar-refractivity contribution in [2.75, 3.05) is 6.54 Å². The average Bonchev–Trinajstić information content (AvgIpc) is 2.29. The molecule has 16 heavy (non-hydrogen) atoms. The van der Waals surface area contributed by atoms with Gasteiger partial charge >= 0.3 is 0 Å². The second-order valence-corrected chi connectivity index (χ2v) is 4.33. The van der Waals surface area contributed by atoms with E-state index in [1.54, 1.807) is 12.1 Å². The quantitative estimate of drug-likeness (QED) is 0.891. The van der Waals surface area contributed by atoms with Crippen molar-refractivity contribution in [3.05, 3.63) is 34.1 Å². The molecule has 0 heterocycles. The minimum Gasteiger partial charge on any atom is -0.350 e. The highest BCUT2D eigenvalue weighted by molar-refractivity contribution is 9.10. The van der Waals surface area contributed by atoms with Crippen LogP contribution in [0.25, 0.3) is 0 Å². The molecule has 5 heteroatoms. The fourth-order valence-corrected chi connectivity index (χ4v) is 1.51.